The van der Waals surface area contributed by atoms with Gasteiger partial charge in [-0.15, -0.1) is 11.3 Å². The Kier molecular flexibility index (Phi) is 6.81. The van der Waals surface area contributed by atoms with Crippen molar-refractivity contribution < 1.29 is 9.59 Å². The topological polar surface area (TPSA) is 91.3 Å². The number of carbonyl (C=O) groups is 2. The van der Waals surface area contributed by atoms with Crippen LogP contribution in [0.1, 0.15) is 66.7 Å². The fraction of sp³-hybridized carbons (Fsp3) is 0.500. The minimum absolute atomic E-state index is 0.0302. The van der Waals surface area contributed by atoms with Gasteiger partial charge < -0.3 is 15.1 Å². The maximum atomic E-state index is 13.5. The largest absolute Gasteiger partial charge is 0.348 e. The quantitative estimate of drug-likeness (QED) is 0.539. The Hall–Kier alpha value is -3.07. The van der Waals surface area contributed by atoms with Crippen LogP contribution in [0.25, 0.3) is 10.2 Å². The lowest BCUT2D eigenvalue weighted by molar-refractivity contribution is -0.136. The van der Waals surface area contributed by atoms with Crippen LogP contribution in [-0.4, -0.2) is 62.7 Å². The molecule has 0 spiro atoms. The molecule has 9 heteroatoms. The fourth-order valence-electron chi connectivity index (χ4n) is 4.15. The molecule has 8 nitrogen and oxygen atoms in total. The predicted octanol–water partition coefficient (Wildman–Crippen LogP) is 4.60. The lowest BCUT2D eigenvalue weighted by atomic mass is 9.91. The van der Waals surface area contributed by atoms with Crippen molar-refractivity contribution >= 4 is 39.3 Å². The number of likely N-dealkylation sites (N-methyl/N-ethyl adjacent to an activating group) is 1. The van der Waals surface area contributed by atoms with Crippen molar-refractivity contribution in [2.75, 3.05) is 25.5 Å². The summed E-state index contributed by atoms with van der Waals surface area (Å²) in [5, 5.41) is 3.34. The van der Waals surface area contributed by atoms with Gasteiger partial charge in [-0.3, -0.25) is 14.6 Å². The minimum atomic E-state index is -0.125. The molecule has 4 heterocycles. The summed E-state index contributed by atoms with van der Waals surface area (Å²) in [5.74, 6) is 0.404. The number of thiophene rings is 1. The van der Waals surface area contributed by atoms with Crippen LogP contribution in [0.15, 0.2) is 24.5 Å². The first kappa shape index (κ1) is 25.0. The number of aryl methyl sites for hydroxylation is 2. The van der Waals surface area contributed by atoms with Gasteiger partial charge in [0.25, 0.3) is 5.91 Å². The monoisotopic (exact) mass is 494 g/mol. The van der Waals surface area contributed by atoms with Gasteiger partial charge in [-0.1, -0.05) is 26.8 Å². The van der Waals surface area contributed by atoms with Crippen molar-refractivity contribution in [1.82, 2.24) is 24.8 Å². The first-order chi connectivity index (χ1) is 16.4. The SMILES string of the molecule is Cc1cncc(C(C)Nc2nc(C(=O)N3CC(N(C)C(=O)CC(C)(C)C)C3)c3sc(C)cc3n2)c1. The molecule has 186 valence electrons. The van der Waals surface area contributed by atoms with Gasteiger partial charge in [0.1, 0.15) is 0 Å². The molecule has 3 aromatic heterocycles. The Balaban J connectivity index is 1.52. The molecule has 1 atom stereocenters. The number of anilines is 1. The van der Waals surface area contributed by atoms with E-state index in [9.17, 15) is 9.59 Å². The summed E-state index contributed by atoms with van der Waals surface area (Å²) in [6.45, 7) is 13.2. The highest BCUT2D eigenvalue weighted by Gasteiger charge is 2.37. The van der Waals surface area contributed by atoms with Gasteiger partial charge in [0.05, 0.1) is 22.3 Å². The smallest absolute Gasteiger partial charge is 0.274 e. The molecule has 1 unspecified atom stereocenters. The Labute approximate surface area is 210 Å². The van der Waals surface area contributed by atoms with Crippen LogP contribution in [0.4, 0.5) is 5.95 Å². The number of rotatable bonds is 6. The maximum Gasteiger partial charge on any atom is 0.274 e. The van der Waals surface area contributed by atoms with Crippen LogP contribution in [-0.2, 0) is 4.79 Å². The molecule has 1 N–H and O–H groups in total. The Morgan fingerprint density at radius 1 is 1.20 bits per heavy atom. The highest BCUT2D eigenvalue weighted by atomic mass is 32.1. The summed E-state index contributed by atoms with van der Waals surface area (Å²) in [7, 11) is 1.83. The second kappa shape index (κ2) is 9.53. The zero-order valence-electron chi connectivity index (χ0n) is 21.5. The Bertz CT molecular complexity index is 1260. The van der Waals surface area contributed by atoms with Crippen molar-refractivity contribution in [2.24, 2.45) is 5.41 Å². The summed E-state index contributed by atoms with van der Waals surface area (Å²) >= 11 is 1.53. The van der Waals surface area contributed by atoms with Gasteiger partial charge in [0.15, 0.2) is 5.69 Å². The number of likely N-dealkylation sites (tertiary alicyclic amines) is 1. The zero-order valence-corrected chi connectivity index (χ0v) is 22.4. The Morgan fingerprint density at radius 3 is 2.57 bits per heavy atom. The van der Waals surface area contributed by atoms with E-state index in [0.29, 0.717) is 31.2 Å². The normalized spacial score (nSPS) is 15.1. The molecule has 4 rings (SSSR count). The first-order valence-corrected chi connectivity index (χ1v) is 12.7. The van der Waals surface area contributed by atoms with E-state index in [-0.39, 0.29) is 29.3 Å². The molecular formula is C26H34N6O2S. The number of nitrogens with one attached hydrogen (secondary N) is 1. The van der Waals surface area contributed by atoms with E-state index < -0.39 is 0 Å². The van der Waals surface area contributed by atoms with Gasteiger partial charge >= 0.3 is 0 Å². The van der Waals surface area contributed by atoms with Crippen LogP contribution in [0.3, 0.4) is 0 Å². The average molecular weight is 495 g/mol. The van der Waals surface area contributed by atoms with Crippen molar-refractivity contribution in [3.8, 4) is 0 Å². The molecule has 35 heavy (non-hydrogen) atoms. The van der Waals surface area contributed by atoms with E-state index in [2.05, 4.69) is 47.1 Å². The lowest BCUT2D eigenvalue weighted by Crippen LogP contribution is -2.61. The third-order valence-corrected chi connectivity index (χ3v) is 7.26. The predicted molar refractivity (Wildman–Crippen MR) is 140 cm³/mol. The average Bonchev–Trinajstić information content (AvgIpc) is 3.10. The second-order valence-corrected chi connectivity index (χ2v) is 12.0. The van der Waals surface area contributed by atoms with Crippen molar-refractivity contribution in [2.45, 2.75) is 60.0 Å². The second-order valence-electron chi connectivity index (χ2n) is 10.7. The van der Waals surface area contributed by atoms with E-state index in [4.69, 9.17) is 0 Å². The van der Waals surface area contributed by atoms with Crippen LogP contribution in [0, 0.1) is 19.3 Å². The molecule has 0 aromatic carbocycles. The Morgan fingerprint density at radius 2 is 1.91 bits per heavy atom. The maximum absolute atomic E-state index is 13.5. The number of fused-ring (bicyclic) bond motifs is 1. The van der Waals surface area contributed by atoms with Gasteiger partial charge in [0, 0.05) is 43.8 Å². The molecule has 1 fully saturated rings. The minimum Gasteiger partial charge on any atom is -0.348 e. The van der Waals surface area contributed by atoms with Crippen molar-refractivity contribution in [3.05, 3.63) is 46.2 Å². The third kappa shape index (κ3) is 5.61. The number of nitrogens with zero attached hydrogens (tertiary/aromatic N) is 5. The summed E-state index contributed by atoms with van der Waals surface area (Å²) < 4.78 is 0.795. The molecule has 1 aliphatic rings. The molecule has 3 aromatic rings. The summed E-state index contributed by atoms with van der Waals surface area (Å²) in [4.78, 5) is 44.3. The molecular weight excluding hydrogens is 460 g/mol. The molecule has 1 saturated heterocycles. The standard InChI is InChI=1S/C26H34N6O2S/c1-15-8-18(12-27-11-15)17(3)28-25-29-20-9-16(2)35-23(20)22(30-25)24(34)32-13-19(14-32)31(7)21(33)10-26(4,5)6/h8-9,11-12,17,19H,10,13-14H2,1-7H3,(H,28,29,30). The lowest BCUT2D eigenvalue weighted by Gasteiger charge is -2.44. The highest BCUT2D eigenvalue weighted by Crippen LogP contribution is 2.30. The van der Waals surface area contributed by atoms with Crippen molar-refractivity contribution in [1.29, 1.82) is 0 Å². The van der Waals surface area contributed by atoms with E-state index in [1.165, 1.54) is 11.3 Å². The molecule has 1 aliphatic heterocycles. The molecule has 0 aliphatic carbocycles. The van der Waals surface area contributed by atoms with E-state index >= 15 is 0 Å². The number of pyridine rings is 1. The van der Waals surface area contributed by atoms with Gasteiger partial charge in [-0.25, -0.2) is 9.97 Å². The van der Waals surface area contributed by atoms with Gasteiger partial charge in [0.2, 0.25) is 11.9 Å². The van der Waals surface area contributed by atoms with Gasteiger partial charge in [-0.05, 0) is 43.4 Å². The summed E-state index contributed by atoms with van der Waals surface area (Å²) in [6, 6.07) is 4.02. The molecule has 0 saturated carbocycles. The third-order valence-electron chi connectivity index (χ3n) is 6.21. The van der Waals surface area contributed by atoms with E-state index in [0.717, 1.165) is 26.2 Å². The van der Waals surface area contributed by atoms with Gasteiger partial charge in [-0.2, -0.15) is 0 Å². The number of hydrogen-bond acceptors (Lipinski definition) is 7. The molecule has 2 amide bonds. The molecule has 0 bridgehead atoms. The first-order valence-electron chi connectivity index (χ1n) is 11.9. The molecule has 0 radical (unpaired) electrons. The zero-order chi connectivity index (χ0) is 25.5. The fourth-order valence-corrected chi connectivity index (χ4v) is 5.08. The van der Waals surface area contributed by atoms with Crippen LogP contribution in [0.5, 0.6) is 0 Å². The summed E-state index contributed by atoms with van der Waals surface area (Å²) in [6.07, 6.45) is 4.12. The number of carbonyl (C=O) groups excluding carboxylic acids is 2. The highest BCUT2D eigenvalue weighted by molar-refractivity contribution is 7.19. The van der Waals surface area contributed by atoms with E-state index in [1.807, 2.05) is 46.3 Å². The van der Waals surface area contributed by atoms with E-state index in [1.54, 1.807) is 9.80 Å². The van der Waals surface area contributed by atoms with Crippen LogP contribution >= 0.6 is 11.3 Å². The number of amides is 2. The van der Waals surface area contributed by atoms with Crippen LogP contribution in [0.2, 0.25) is 0 Å². The van der Waals surface area contributed by atoms with Crippen molar-refractivity contribution in [3.63, 3.8) is 0 Å². The van der Waals surface area contributed by atoms with Crippen LogP contribution < -0.4 is 5.32 Å². The number of hydrogen-bond donors (Lipinski definition) is 1. The number of aromatic nitrogens is 3. The summed E-state index contributed by atoms with van der Waals surface area (Å²) in [5.41, 5.74) is 3.21.